The van der Waals surface area contributed by atoms with Crippen molar-refractivity contribution in [3.8, 4) is 11.3 Å². The van der Waals surface area contributed by atoms with Gasteiger partial charge in [0.15, 0.2) is 0 Å². The van der Waals surface area contributed by atoms with Crippen molar-refractivity contribution in [2.45, 2.75) is 51.0 Å². The molecule has 11 nitrogen and oxygen atoms in total. The Morgan fingerprint density at radius 1 is 1.19 bits per heavy atom. The summed E-state index contributed by atoms with van der Waals surface area (Å²) in [5.41, 5.74) is 4.83. The lowest BCUT2D eigenvalue weighted by Crippen LogP contribution is -2.29. The Kier molecular flexibility index (Phi) is 10.8. The summed E-state index contributed by atoms with van der Waals surface area (Å²) in [5.74, 6) is 6.46. The molecule has 42 heavy (non-hydrogen) atoms. The lowest BCUT2D eigenvalue weighted by molar-refractivity contribution is -0.117. The molecule has 1 aliphatic rings. The number of carbonyl (C=O) groups excluding carboxylic acids is 2. The minimum absolute atomic E-state index is 0.280. The molecule has 0 aliphatic carbocycles. The molecule has 2 aromatic carbocycles. The summed E-state index contributed by atoms with van der Waals surface area (Å²) < 4.78 is 4.74. The Bertz CT molecular complexity index is 1470. The molecule has 4 rings (SSSR count). The van der Waals surface area contributed by atoms with Crippen LogP contribution in [0, 0.1) is 0 Å². The van der Waals surface area contributed by atoms with Crippen molar-refractivity contribution in [2.24, 2.45) is 16.0 Å². The second-order valence-electron chi connectivity index (χ2n) is 9.85. The van der Waals surface area contributed by atoms with E-state index in [1.807, 2.05) is 18.2 Å². The van der Waals surface area contributed by atoms with E-state index in [0.29, 0.717) is 27.8 Å². The van der Waals surface area contributed by atoms with Crippen molar-refractivity contribution >= 4 is 54.1 Å². The number of aromatic nitrogens is 2. The number of hydrogen-bond acceptors (Lipinski definition) is 7. The van der Waals surface area contributed by atoms with Crippen LogP contribution in [-0.2, 0) is 16.0 Å². The van der Waals surface area contributed by atoms with Gasteiger partial charge in [0, 0.05) is 34.6 Å². The van der Waals surface area contributed by atoms with E-state index >= 15 is 0 Å². The van der Waals surface area contributed by atoms with Gasteiger partial charge in [0.2, 0.25) is 5.91 Å². The molecule has 0 fully saturated rings. The van der Waals surface area contributed by atoms with E-state index in [2.05, 4.69) is 37.5 Å². The highest BCUT2D eigenvalue weighted by molar-refractivity contribution is 6.30. The van der Waals surface area contributed by atoms with Crippen LogP contribution in [0.15, 0.2) is 58.9 Å². The van der Waals surface area contributed by atoms with Crippen LogP contribution < -0.4 is 21.5 Å². The van der Waals surface area contributed by atoms with Gasteiger partial charge in [0.1, 0.15) is 12.2 Å². The maximum atomic E-state index is 13.1. The fraction of sp³-hybridized carbons (Fsp3) is 0.300. The molecule has 2 bridgehead atoms. The number of benzene rings is 2. The Morgan fingerprint density at radius 2 is 2.00 bits per heavy atom. The van der Waals surface area contributed by atoms with Gasteiger partial charge in [-0.3, -0.25) is 15.1 Å². The van der Waals surface area contributed by atoms with Gasteiger partial charge in [-0.1, -0.05) is 43.4 Å². The second-order valence-corrected chi connectivity index (χ2v) is 10.3. The molecular formula is C30H35ClN8O3. The van der Waals surface area contributed by atoms with Crippen molar-refractivity contribution < 1.29 is 14.3 Å². The van der Waals surface area contributed by atoms with Crippen LogP contribution in [0.2, 0.25) is 5.02 Å². The van der Waals surface area contributed by atoms with Crippen molar-refractivity contribution in [1.29, 1.82) is 0 Å². The summed E-state index contributed by atoms with van der Waals surface area (Å²) in [5, 5.41) is 14.7. The predicted octanol–water partition coefficient (Wildman–Crippen LogP) is 6.00. The van der Waals surface area contributed by atoms with Gasteiger partial charge in [-0.15, -0.1) is 5.10 Å². The van der Waals surface area contributed by atoms with Crippen LogP contribution >= 0.6 is 11.6 Å². The molecule has 0 radical (unpaired) electrons. The third-order valence-corrected chi connectivity index (χ3v) is 7.18. The first-order chi connectivity index (χ1) is 20.4. The number of ether oxygens (including phenoxy) is 1. The molecule has 12 heteroatoms. The number of methoxy groups -OCH3 is 1. The number of nitrogens with one attached hydrogen (secondary N) is 3. The number of nitrogens with zero attached hydrogens (tertiary/aromatic N) is 4. The largest absolute Gasteiger partial charge is 0.453 e. The summed E-state index contributed by atoms with van der Waals surface area (Å²) in [6.07, 6.45) is 12.5. The van der Waals surface area contributed by atoms with Gasteiger partial charge in [-0.2, -0.15) is 5.10 Å². The molecule has 0 unspecified atom stereocenters. The monoisotopic (exact) mass is 590 g/mol. The highest BCUT2D eigenvalue weighted by atomic mass is 35.5. The van der Waals surface area contributed by atoms with Crippen molar-refractivity contribution in [1.82, 2.24) is 15.3 Å². The van der Waals surface area contributed by atoms with Crippen molar-refractivity contribution in [3.63, 3.8) is 0 Å². The number of nitrogens with two attached hydrogens (primary N) is 1. The van der Waals surface area contributed by atoms with Gasteiger partial charge in [0.05, 0.1) is 30.7 Å². The molecule has 0 saturated heterocycles. The second kappa shape index (κ2) is 14.9. The van der Waals surface area contributed by atoms with Gasteiger partial charge in [-0.25, -0.2) is 15.6 Å². The first-order valence-electron chi connectivity index (χ1n) is 13.7. The van der Waals surface area contributed by atoms with Crippen molar-refractivity contribution in [3.05, 3.63) is 70.6 Å². The van der Waals surface area contributed by atoms with Crippen LogP contribution in [0.25, 0.3) is 17.3 Å². The van der Waals surface area contributed by atoms with Crippen LogP contribution in [0.1, 0.15) is 61.5 Å². The molecule has 3 aromatic rings. The highest BCUT2D eigenvalue weighted by Gasteiger charge is 2.19. The zero-order chi connectivity index (χ0) is 29.9. The predicted molar refractivity (Wildman–Crippen MR) is 168 cm³/mol. The SMILES string of the molecule is C=N/N=C\N(N)c1ccc(Cl)cc1/C=C/C(=O)N[C@H]1CCCCCCCc2cc(NC(=O)OC)ccc2-c2cnc1[nH]2. The summed E-state index contributed by atoms with van der Waals surface area (Å²) in [4.78, 5) is 32.9. The number of carbonyl (C=O) groups is 2. The fourth-order valence-electron chi connectivity index (χ4n) is 4.87. The van der Waals surface area contributed by atoms with Gasteiger partial charge >= 0.3 is 6.09 Å². The molecule has 1 aromatic heterocycles. The molecule has 2 heterocycles. The van der Waals surface area contributed by atoms with E-state index in [-0.39, 0.29) is 11.9 Å². The molecule has 1 atom stereocenters. The van der Waals surface area contributed by atoms with E-state index < -0.39 is 6.09 Å². The van der Waals surface area contributed by atoms with E-state index in [0.717, 1.165) is 61.8 Å². The van der Waals surface area contributed by atoms with Gasteiger partial charge in [-0.05, 0) is 61.2 Å². The zero-order valence-corrected chi connectivity index (χ0v) is 24.2. The standard InChI is InChI=1S/C30H35ClN8O3/c1-33-35-19-39(32)27-14-11-22(31)16-21(27)10-15-28(40)37-25-9-7-5-3-4-6-8-20-17-23(36-30(41)42-2)12-13-24(20)26-18-34-29(25)38-26/h10-19,25H,1,3-9,32H2,2H3,(H,34,38)(H,36,41)(H,37,40)/b15-10+,35-19-/t25-/m0/s1. The maximum Gasteiger partial charge on any atom is 0.411 e. The number of anilines is 2. The molecular weight excluding hydrogens is 556 g/mol. The number of hydrazine groups is 1. The first-order valence-corrected chi connectivity index (χ1v) is 14.1. The normalized spacial score (nSPS) is 15.6. The number of aromatic amines is 1. The quantitative estimate of drug-likeness (QED) is 0.0871. The summed E-state index contributed by atoms with van der Waals surface area (Å²) in [7, 11) is 1.34. The molecule has 0 saturated carbocycles. The Morgan fingerprint density at radius 3 is 2.81 bits per heavy atom. The molecule has 220 valence electrons. The highest BCUT2D eigenvalue weighted by Crippen LogP contribution is 2.30. The number of rotatable bonds is 7. The molecule has 1 aliphatic heterocycles. The average Bonchev–Trinajstić information content (AvgIpc) is 3.47. The lowest BCUT2D eigenvalue weighted by Gasteiger charge is -2.17. The van der Waals surface area contributed by atoms with Gasteiger partial charge in [0.25, 0.3) is 0 Å². The molecule has 5 N–H and O–H groups in total. The minimum Gasteiger partial charge on any atom is -0.453 e. The summed E-state index contributed by atoms with van der Waals surface area (Å²) in [6, 6.07) is 10.6. The number of hydrogen-bond donors (Lipinski definition) is 4. The van der Waals surface area contributed by atoms with E-state index in [4.69, 9.17) is 22.2 Å². The van der Waals surface area contributed by atoms with Crippen LogP contribution in [0.5, 0.6) is 0 Å². The summed E-state index contributed by atoms with van der Waals surface area (Å²) in [6.45, 7) is 3.30. The third-order valence-electron chi connectivity index (χ3n) is 6.95. The molecule has 2 amide bonds. The zero-order valence-electron chi connectivity index (χ0n) is 23.5. The van der Waals surface area contributed by atoms with Crippen LogP contribution in [0.4, 0.5) is 16.2 Å². The van der Waals surface area contributed by atoms with E-state index in [9.17, 15) is 9.59 Å². The number of fused-ring (bicyclic) bond motifs is 4. The maximum absolute atomic E-state index is 13.1. The number of halogens is 1. The molecule has 0 spiro atoms. The Hall–Kier alpha value is -4.48. The Balaban J connectivity index is 1.56. The first kappa shape index (κ1) is 30.5. The van der Waals surface area contributed by atoms with Crippen molar-refractivity contribution in [2.75, 3.05) is 17.4 Å². The lowest BCUT2D eigenvalue weighted by atomic mass is 9.98. The number of imidazole rings is 1. The minimum atomic E-state index is -0.512. The van der Waals surface area contributed by atoms with Crippen LogP contribution in [0.3, 0.4) is 0 Å². The van der Waals surface area contributed by atoms with Crippen LogP contribution in [-0.4, -0.2) is 42.1 Å². The third kappa shape index (κ3) is 8.27. The topological polar surface area (TPSA) is 150 Å². The van der Waals surface area contributed by atoms with E-state index in [1.165, 1.54) is 24.5 Å². The number of amides is 2. The fourth-order valence-corrected chi connectivity index (χ4v) is 5.05. The smallest absolute Gasteiger partial charge is 0.411 e. The average molecular weight is 591 g/mol. The number of H-pyrrole nitrogens is 1. The van der Waals surface area contributed by atoms with E-state index in [1.54, 1.807) is 30.5 Å². The van der Waals surface area contributed by atoms with Gasteiger partial charge < -0.3 is 15.0 Å². The number of aryl methyl sites for hydroxylation is 1. The summed E-state index contributed by atoms with van der Waals surface area (Å²) >= 11 is 6.20. The Labute approximate surface area is 249 Å².